The predicted octanol–water partition coefficient (Wildman–Crippen LogP) is 5.56. The van der Waals surface area contributed by atoms with Gasteiger partial charge in [-0.1, -0.05) is 84.0 Å². The average molecular weight is 506 g/mol. The van der Waals surface area contributed by atoms with E-state index in [1.807, 2.05) is 60.7 Å². The maximum atomic E-state index is 9.46. The molecule has 2 aromatic carbocycles. The third kappa shape index (κ3) is 8.13. The molecule has 1 aliphatic rings. The SMILES string of the molecule is C=CCO[C@@H]1[C@@H](OCc2ccccc2)[C@@H](OCc2ccccc2)[C@@H](OCC=C)[C@H](N=[N+]=[N-])[C@H]1OCC=C. The van der Waals surface area contributed by atoms with Gasteiger partial charge in [-0.05, 0) is 16.7 Å². The van der Waals surface area contributed by atoms with Crippen LogP contribution in [0.1, 0.15) is 11.1 Å². The molecule has 1 aliphatic carbocycles. The van der Waals surface area contributed by atoms with Crippen LogP contribution in [0.3, 0.4) is 0 Å². The molecule has 1 saturated carbocycles. The van der Waals surface area contributed by atoms with Gasteiger partial charge in [-0.3, -0.25) is 0 Å². The van der Waals surface area contributed by atoms with Gasteiger partial charge in [0.05, 0.1) is 51.3 Å². The molecule has 8 nitrogen and oxygen atoms in total. The topological polar surface area (TPSA) is 94.9 Å². The Balaban J connectivity index is 2.02. The van der Waals surface area contributed by atoms with Crippen LogP contribution in [-0.2, 0) is 36.9 Å². The van der Waals surface area contributed by atoms with Crippen LogP contribution in [0.15, 0.2) is 104 Å². The lowest BCUT2D eigenvalue weighted by atomic mass is 9.82. The van der Waals surface area contributed by atoms with Crippen molar-refractivity contribution in [3.63, 3.8) is 0 Å². The first-order valence-corrected chi connectivity index (χ1v) is 12.3. The second-order valence-corrected chi connectivity index (χ2v) is 8.48. The number of benzene rings is 2. The fourth-order valence-electron chi connectivity index (χ4n) is 4.35. The van der Waals surface area contributed by atoms with E-state index < -0.39 is 36.6 Å². The summed E-state index contributed by atoms with van der Waals surface area (Å²) in [4.78, 5) is 3.10. The van der Waals surface area contributed by atoms with Gasteiger partial charge < -0.3 is 23.7 Å². The zero-order valence-corrected chi connectivity index (χ0v) is 21.0. The number of hydrogen-bond donors (Lipinski definition) is 0. The molecular weight excluding hydrogens is 470 g/mol. The van der Waals surface area contributed by atoms with Crippen LogP contribution < -0.4 is 0 Å². The Labute approximate surface area is 218 Å². The second-order valence-electron chi connectivity index (χ2n) is 8.48. The molecule has 3 rings (SSSR count). The summed E-state index contributed by atoms with van der Waals surface area (Å²) in [5, 5.41) is 4.09. The van der Waals surface area contributed by atoms with Crippen molar-refractivity contribution >= 4 is 0 Å². The quantitative estimate of drug-likeness (QED) is 0.129. The fraction of sp³-hybridized carbons (Fsp3) is 0.379. The zero-order valence-electron chi connectivity index (χ0n) is 21.0. The maximum Gasteiger partial charge on any atom is 0.115 e. The van der Waals surface area contributed by atoms with Gasteiger partial charge >= 0.3 is 0 Å². The minimum atomic E-state index is -0.753. The smallest absolute Gasteiger partial charge is 0.115 e. The minimum absolute atomic E-state index is 0.227. The summed E-state index contributed by atoms with van der Waals surface area (Å²) in [7, 11) is 0. The van der Waals surface area contributed by atoms with Crippen LogP contribution in [0.25, 0.3) is 10.4 Å². The lowest BCUT2D eigenvalue weighted by Crippen LogP contribution is -2.66. The molecule has 0 heterocycles. The lowest BCUT2D eigenvalue weighted by molar-refractivity contribution is -0.245. The van der Waals surface area contributed by atoms with Crippen LogP contribution in [0.5, 0.6) is 0 Å². The van der Waals surface area contributed by atoms with E-state index in [-0.39, 0.29) is 19.8 Å². The van der Waals surface area contributed by atoms with Gasteiger partial charge in [0.25, 0.3) is 0 Å². The van der Waals surface area contributed by atoms with Gasteiger partial charge in [0.2, 0.25) is 0 Å². The standard InChI is InChI=1S/C29H35N3O5/c1-4-17-33-25-24(31-32-30)26(34-18-5-2)28(36-20-22-13-9-7-10-14-22)29(27(25)35-19-6-3)37-21-23-15-11-8-12-16-23/h4-16,24-29H,1-3,17-21H2/t24-,25-,26+,27+,28+,29-/m1/s1. The summed E-state index contributed by atoms with van der Waals surface area (Å²) >= 11 is 0. The second kappa shape index (κ2) is 15.8. The van der Waals surface area contributed by atoms with Crippen molar-refractivity contribution in [3.05, 3.63) is 120 Å². The molecule has 0 spiro atoms. The van der Waals surface area contributed by atoms with Gasteiger partial charge in [0.1, 0.15) is 18.3 Å². The maximum absolute atomic E-state index is 9.46. The molecule has 8 heteroatoms. The molecule has 0 amide bonds. The van der Waals surface area contributed by atoms with Gasteiger partial charge in [0, 0.05) is 4.91 Å². The Morgan fingerprint density at radius 1 is 0.622 bits per heavy atom. The number of rotatable bonds is 16. The Morgan fingerprint density at radius 3 is 1.41 bits per heavy atom. The van der Waals surface area contributed by atoms with E-state index >= 15 is 0 Å². The predicted molar refractivity (Wildman–Crippen MR) is 143 cm³/mol. The molecule has 0 radical (unpaired) electrons. The summed E-state index contributed by atoms with van der Waals surface area (Å²) in [5.74, 6) is 0. The zero-order chi connectivity index (χ0) is 26.3. The highest BCUT2D eigenvalue weighted by Gasteiger charge is 2.54. The van der Waals surface area contributed by atoms with E-state index in [0.29, 0.717) is 13.2 Å². The summed E-state index contributed by atoms with van der Waals surface area (Å²) < 4.78 is 31.5. The van der Waals surface area contributed by atoms with E-state index in [9.17, 15) is 5.53 Å². The number of azide groups is 1. The van der Waals surface area contributed by atoms with Crippen molar-refractivity contribution in [1.82, 2.24) is 0 Å². The summed E-state index contributed by atoms with van der Waals surface area (Å²) in [6, 6.07) is 18.9. The Hall–Kier alpha value is -3.23. The highest BCUT2D eigenvalue weighted by atomic mass is 16.6. The minimum Gasteiger partial charge on any atom is -0.371 e. The molecule has 0 aliphatic heterocycles. The highest BCUT2D eigenvalue weighted by Crippen LogP contribution is 2.35. The molecule has 0 aromatic heterocycles. The molecule has 0 N–H and O–H groups in total. The molecule has 37 heavy (non-hydrogen) atoms. The molecule has 196 valence electrons. The lowest BCUT2D eigenvalue weighted by Gasteiger charge is -2.48. The molecular formula is C29H35N3O5. The van der Waals surface area contributed by atoms with E-state index in [1.165, 1.54) is 0 Å². The first-order chi connectivity index (χ1) is 18.2. The largest absolute Gasteiger partial charge is 0.371 e. The number of ether oxygens (including phenoxy) is 5. The Morgan fingerprint density at radius 2 is 1.00 bits per heavy atom. The normalized spacial score (nSPS) is 25.1. The molecule has 2 aromatic rings. The molecule has 0 bridgehead atoms. The van der Waals surface area contributed by atoms with Crippen LogP contribution in [0, 0.1) is 0 Å². The fourth-order valence-corrected chi connectivity index (χ4v) is 4.35. The van der Waals surface area contributed by atoms with Crippen LogP contribution in [0.4, 0.5) is 0 Å². The first kappa shape index (κ1) is 28.3. The highest BCUT2D eigenvalue weighted by molar-refractivity contribution is 5.15. The van der Waals surface area contributed by atoms with Gasteiger partial charge in [0.15, 0.2) is 0 Å². The number of nitrogens with zero attached hydrogens (tertiary/aromatic N) is 3. The third-order valence-electron chi connectivity index (χ3n) is 5.94. The average Bonchev–Trinajstić information content (AvgIpc) is 2.94. The van der Waals surface area contributed by atoms with Gasteiger partial charge in [-0.25, -0.2) is 0 Å². The molecule has 0 saturated heterocycles. The van der Waals surface area contributed by atoms with Crippen LogP contribution in [-0.4, -0.2) is 56.4 Å². The molecule has 1 fully saturated rings. The van der Waals surface area contributed by atoms with Crippen molar-refractivity contribution in [2.45, 2.75) is 49.8 Å². The van der Waals surface area contributed by atoms with Crippen molar-refractivity contribution in [1.29, 1.82) is 0 Å². The Bertz CT molecular complexity index is 1010. The van der Waals surface area contributed by atoms with Crippen LogP contribution in [0.2, 0.25) is 0 Å². The van der Waals surface area contributed by atoms with E-state index in [4.69, 9.17) is 23.7 Å². The van der Waals surface area contributed by atoms with Gasteiger partial charge in [-0.2, -0.15) is 0 Å². The van der Waals surface area contributed by atoms with Gasteiger partial charge in [-0.15, -0.1) is 19.7 Å². The van der Waals surface area contributed by atoms with Crippen LogP contribution >= 0.6 is 0 Å². The van der Waals surface area contributed by atoms with Crippen molar-refractivity contribution in [2.75, 3.05) is 19.8 Å². The van der Waals surface area contributed by atoms with E-state index in [0.717, 1.165) is 11.1 Å². The van der Waals surface area contributed by atoms with E-state index in [2.05, 4.69) is 29.8 Å². The van der Waals surface area contributed by atoms with E-state index in [1.54, 1.807) is 18.2 Å². The van der Waals surface area contributed by atoms with Crippen molar-refractivity contribution in [3.8, 4) is 0 Å². The third-order valence-corrected chi connectivity index (χ3v) is 5.94. The summed E-state index contributed by atoms with van der Waals surface area (Å²) in [6.07, 6.45) is 1.67. The summed E-state index contributed by atoms with van der Waals surface area (Å²) in [6.45, 7) is 12.6. The van der Waals surface area contributed by atoms with Crippen molar-refractivity contribution in [2.24, 2.45) is 5.11 Å². The first-order valence-electron chi connectivity index (χ1n) is 12.3. The monoisotopic (exact) mass is 505 g/mol. The molecule has 6 atom stereocenters. The van der Waals surface area contributed by atoms with Crippen molar-refractivity contribution < 1.29 is 23.7 Å². The molecule has 0 unspecified atom stereocenters. The summed E-state index contributed by atoms with van der Waals surface area (Å²) in [5.41, 5.74) is 11.4. The Kier molecular flexibility index (Phi) is 12.1. The number of hydrogen-bond acceptors (Lipinski definition) is 6.